The highest BCUT2D eigenvalue weighted by molar-refractivity contribution is 7.89. The van der Waals surface area contributed by atoms with Crippen LogP contribution in [0.3, 0.4) is 0 Å². The highest BCUT2D eigenvalue weighted by Crippen LogP contribution is 2.51. The average molecular weight is 268 g/mol. The smallest absolute Gasteiger partial charge is 0.240 e. The van der Waals surface area contributed by atoms with Crippen LogP contribution in [0.5, 0.6) is 0 Å². The molecular formula is C13H20N2O2S. The fourth-order valence-corrected chi connectivity index (χ4v) is 3.37. The van der Waals surface area contributed by atoms with Crippen LogP contribution in [0.1, 0.15) is 25.8 Å². The molecule has 1 saturated carbocycles. The predicted octanol–water partition coefficient (Wildman–Crippen LogP) is 1.90. The van der Waals surface area contributed by atoms with Gasteiger partial charge in [0.1, 0.15) is 0 Å². The molecule has 1 aromatic carbocycles. The minimum Gasteiger partial charge on any atom is -0.399 e. The molecule has 0 bridgehead atoms. The van der Waals surface area contributed by atoms with Gasteiger partial charge in [-0.25, -0.2) is 13.1 Å². The highest BCUT2D eigenvalue weighted by Gasteiger charge is 2.45. The van der Waals surface area contributed by atoms with Crippen LogP contribution in [-0.4, -0.2) is 15.0 Å². The lowest BCUT2D eigenvalue weighted by atomic mass is 10.1. The van der Waals surface area contributed by atoms with E-state index in [9.17, 15) is 8.42 Å². The summed E-state index contributed by atoms with van der Waals surface area (Å²) in [6.07, 6.45) is 1.07. The molecule has 1 atom stereocenters. The summed E-state index contributed by atoms with van der Waals surface area (Å²) < 4.78 is 26.9. The Morgan fingerprint density at radius 1 is 1.39 bits per heavy atom. The van der Waals surface area contributed by atoms with Gasteiger partial charge >= 0.3 is 0 Å². The number of nitrogens with one attached hydrogen (secondary N) is 1. The zero-order valence-electron chi connectivity index (χ0n) is 11.0. The van der Waals surface area contributed by atoms with Gasteiger partial charge in [0.05, 0.1) is 4.90 Å². The Hall–Kier alpha value is -1.07. The van der Waals surface area contributed by atoms with Crippen LogP contribution in [0.4, 0.5) is 5.69 Å². The number of nitrogen functional groups attached to an aromatic ring is 1. The Balaban J connectivity index is 2.11. The topological polar surface area (TPSA) is 72.2 Å². The zero-order valence-corrected chi connectivity index (χ0v) is 11.8. The Morgan fingerprint density at radius 3 is 2.50 bits per heavy atom. The highest BCUT2D eigenvalue weighted by atomic mass is 32.2. The van der Waals surface area contributed by atoms with Gasteiger partial charge in [-0.1, -0.05) is 13.8 Å². The fourth-order valence-electron chi connectivity index (χ4n) is 2.15. The molecule has 0 saturated heterocycles. The van der Waals surface area contributed by atoms with Crippen LogP contribution in [-0.2, 0) is 10.0 Å². The number of hydrogen-bond donors (Lipinski definition) is 2. The van der Waals surface area contributed by atoms with Crippen molar-refractivity contribution in [2.75, 3.05) is 12.3 Å². The lowest BCUT2D eigenvalue weighted by molar-refractivity contribution is 0.537. The number of hydrogen-bond acceptors (Lipinski definition) is 3. The van der Waals surface area contributed by atoms with E-state index in [1.54, 1.807) is 12.1 Å². The van der Waals surface area contributed by atoms with E-state index < -0.39 is 10.0 Å². The van der Waals surface area contributed by atoms with E-state index in [1.165, 1.54) is 6.07 Å². The average Bonchev–Trinajstić information content (AvgIpc) is 2.82. The summed E-state index contributed by atoms with van der Waals surface area (Å²) in [6, 6.07) is 4.88. The lowest BCUT2D eigenvalue weighted by Gasteiger charge is -2.09. The van der Waals surface area contributed by atoms with Crippen molar-refractivity contribution in [1.29, 1.82) is 0 Å². The predicted molar refractivity (Wildman–Crippen MR) is 72.7 cm³/mol. The SMILES string of the molecule is Cc1cc(N)cc(S(=O)(=O)NCC2CC2(C)C)c1. The van der Waals surface area contributed by atoms with E-state index in [0.29, 0.717) is 18.2 Å². The molecule has 5 heteroatoms. The van der Waals surface area contributed by atoms with Gasteiger partial charge in [-0.05, 0) is 48.4 Å². The molecule has 0 radical (unpaired) electrons. The van der Waals surface area contributed by atoms with Gasteiger partial charge in [0, 0.05) is 12.2 Å². The Bertz CT molecular complexity index is 544. The van der Waals surface area contributed by atoms with Crippen molar-refractivity contribution in [2.24, 2.45) is 11.3 Å². The lowest BCUT2D eigenvalue weighted by Crippen LogP contribution is -2.27. The Labute approximate surface area is 109 Å². The Kier molecular flexibility index (Phi) is 3.15. The van der Waals surface area contributed by atoms with Crippen molar-refractivity contribution in [1.82, 2.24) is 4.72 Å². The first-order chi connectivity index (χ1) is 8.21. The second-order valence-electron chi connectivity index (χ2n) is 5.82. The van der Waals surface area contributed by atoms with Crippen molar-refractivity contribution in [3.05, 3.63) is 23.8 Å². The normalized spacial score (nSPS) is 21.8. The molecule has 100 valence electrons. The van der Waals surface area contributed by atoms with Gasteiger partial charge in [-0.3, -0.25) is 0 Å². The van der Waals surface area contributed by atoms with E-state index in [1.807, 2.05) is 6.92 Å². The molecule has 0 aromatic heterocycles. The molecule has 1 aliphatic rings. The first-order valence-electron chi connectivity index (χ1n) is 6.07. The van der Waals surface area contributed by atoms with Gasteiger partial charge in [-0.2, -0.15) is 0 Å². The van der Waals surface area contributed by atoms with Gasteiger partial charge < -0.3 is 5.73 Å². The maximum atomic E-state index is 12.1. The van der Waals surface area contributed by atoms with Gasteiger partial charge in [-0.15, -0.1) is 0 Å². The van der Waals surface area contributed by atoms with Gasteiger partial charge in [0.15, 0.2) is 0 Å². The third-order valence-electron chi connectivity index (χ3n) is 3.62. The number of benzene rings is 1. The second-order valence-corrected chi connectivity index (χ2v) is 7.59. The standard InChI is InChI=1S/C13H20N2O2S/c1-9-4-11(14)6-12(5-9)18(16,17)15-8-10-7-13(10,2)3/h4-6,10,15H,7-8,14H2,1-3H3. The molecule has 0 aliphatic heterocycles. The molecule has 0 spiro atoms. The maximum Gasteiger partial charge on any atom is 0.240 e. The van der Waals surface area contributed by atoms with Gasteiger partial charge in [0.2, 0.25) is 10.0 Å². The largest absolute Gasteiger partial charge is 0.399 e. The molecule has 2 rings (SSSR count). The van der Waals surface area contributed by atoms with Crippen molar-refractivity contribution in [3.8, 4) is 0 Å². The van der Waals surface area contributed by atoms with Crippen LogP contribution < -0.4 is 10.5 Å². The van der Waals surface area contributed by atoms with E-state index in [2.05, 4.69) is 18.6 Å². The van der Waals surface area contributed by atoms with E-state index >= 15 is 0 Å². The van der Waals surface area contributed by atoms with E-state index in [4.69, 9.17) is 5.73 Å². The molecule has 4 nitrogen and oxygen atoms in total. The molecule has 0 amide bonds. The first kappa shape index (κ1) is 13.4. The van der Waals surface area contributed by atoms with Crippen molar-refractivity contribution >= 4 is 15.7 Å². The van der Waals surface area contributed by atoms with Crippen molar-refractivity contribution in [3.63, 3.8) is 0 Å². The van der Waals surface area contributed by atoms with Crippen LogP contribution in [0.25, 0.3) is 0 Å². The van der Waals surface area contributed by atoms with Crippen molar-refractivity contribution in [2.45, 2.75) is 32.1 Å². The summed E-state index contributed by atoms with van der Waals surface area (Å²) >= 11 is 0. The summed E-state index contributed by atoms with van der Waals surface area (Å²) in [4.78, 5) is 0.249. The molecule has 3 N–H and O–H groups in total. The second kappa shape index (κ2) is 4.24. The summed E-state index contributed by atoms with van der Waals surface area (Å²) in [5.74, 6) is 0.439. The number of nitrogens with two attached hydrogens (primary N) is 1. The zero-order chi connectivity index (χ0) is 13.6. The summed E-state index contributed by atoms with van der Waals surface area (Å²) in [7, 11) is -3.44. The molecule has 1 aliphatic carbocycles. The minimum atomic E-state index is -3.44. The third kappa shape index (κ3) is 2.84. The third-order valence-corrected chi connectivity index (χ3v) is 5.02. The molecule has 18 heavy (non-hydrogen) atoms. The number of rotatable bonds is 4. The molecule has 1 unspecified atom stereocenters. The molecule has 1 aromatic rings. The number of anilines is 1. The first-order valence-corrected chi connectivity index (χ1v) is 7.56. The Morgan fingerprint density at radius 2 is 2.00 bits per heavy atom. The fraction of sp³-hybridized carbons (Fsp3) is 0.538. The summed E-state index contributed by atoms with van der Waals surface area (Å²) in [5, 5.41) is 0. The van der Waals surface area contributed by atoms with Crippen LogP contribution in [0.2, 0.25) is 0 Å². The van der Waals surface area contributed by atoms with Crippen LogP contribution >= 0.6 is 0 Å². The van der Waals surface area contributed by atoms with E-state index in [-0.39, 0.29) is 10.3 Å². The summed E-state index contributed by atoms with van der Waals surface area (Å²) in [5.41, 5.74) is 7.27. The van der Waals surface area contributed by atoms with Crippen LogP contribution in [0.15, 0.2) is 23.1 Å². The maximum absolute atomic E-state index is 12.1. The molecular weight excluding hydrogens is 248 g/mol. The monoisotopic (exact) mass is 268 g/mol. The quantitative estimate of drug-likeness (QED) is 0.819. The van der Waals surface area contributed by atoms with E-state index in [0.717, 1.165) is 12.0 Å². The van der Waals surface area contributed by atoms with Gasteiger partial charge in [0.25, 0.3) is 0 Å². The number of aryl methyl sites for hydroxylation is 1. The molecule has 1 fully saturated rings. The van der Waals surface area contributed by atoms with Crippen molar-refractivity contribution < 1.29 is 8.42 Å². The molecule has 0 heterocycles. The minimum absolute atomic E-state index is 0.249. The number of sulfonamides is 1. The summed E-state index contributed by atoms with van der Waals surface area (Å²) in [6.45, 7) is 6.63. The van der Waals surface area contributed by atoms with Crippen LogP contribution in [0, 0.1) is 18.3 Å².